The van der Waals surface area contributed by atoms with Crippen molar-refractivity contribution in [1.82, 2.24) is 19.7 Å². The molecule has 0 unspecified atom stereocenters. The van der Waals surface area contributed by atoms with E-state index in [1.807, 2.05) is 37.3 Å². The Hall–Kier alpha value is -4.07. The second-order valence-electron chi connectivity index (χ2n) is 7.37. The molecule has 31 heavy (non-hydrogen) atoms. The molecule has 0 fully saturated rings. The lowest BCUT2D eigenvalue weighted by Crippen LogP contribution is -2.29. The van der Waals surface area contributed by atoms with Gasteiger partial charge in [-0.05, 0) is 24.1 Å². The molecule has 8 heteroatoms. The molecule has 0 saturated heterocycles. The third-order valence-electron chi connectivity index (χ3n) is 5.36. The first-order chi connectivity index (χ1) is 14.9. The largest absolute Gasteiger partial charge is 0.335 e. The van der Waals surface area contributed by atoms with E-state index < -0.39 is 4.92 Å². The number of carbonyl (C=O) groups is 1. The van der Waals surface area contributed by atoms with Crippen molar-refractivity contribution >= 4 is 22.6 Å². The fourth-order valence-corrected chi connectivity index (χ4v) is 3.46. The minimum Gasteiger partial charge on any atom is -0.335 e. The van der Waals surface area contributed by atoms with Gasteiger partial charge in [-0.2, -0.15) is 5.10 Å². The molecule has 156 valence electrons. The lowest BCUT2D eigenvalue weighted by atomic mass is 10.1. The highest BCUT2D eigenvalue weighted by Crippen LogP contribution is 2.25. The minimum absolute atomic E-state index is 0.000819. The molecule has 2 aromatic heterocycles. The molecule has 0 aliphatic heterocycles. The van der Waals surface area contributed by atoms with Crippen LogP contribution in [0.15, 0.2) is 73.1 Å². The zero-order valence-electron chi connectivity index (χ0n) is 17.2. The Labute approximate surface area is 178 Å². The number of amides is 1. The third kappa shape index (κ3) is 4.13. The van der Waals surface area contributed by atoms with Gasteiger partial charge in [0.05, 0.1) is 29.3 Å². The number of fused-ring (bicyclic) bond motifs is 1. The Morgan fingerprint density at radius 3 is 2.65 bits per heavy atom. The van der Waals surface area contributed by atoms with Crippen LogP contribution in [0.4, 0.5) is 5.69 Å². The number of carbonyl (C=O) groups excluding carboxylic acids is 1. The first-order valence-electron chi connectivity index (χ1n) is 9.81. The summed E-state index contributed by atoms with van der Waals surface area (Å²) in [6.45, 7) is 2.43. The van der Waals surface area contributed by atoms with Gasteiger partial charge in [-0.25, -0.2) is 9.67 Å². The van der Waals surface area contributed by atoms with Crippen molar-refractivity contribution in [3.63, 3.8) is 0 Å². The second-order valence-corrected chi connectivity index (χ2v) is 7.37. The summed E-state index contributed by atoms with van der Waals surface area (Å²) in [4.78, 5) is 29.7. The van der Waals surface area contributed by atoms with Crippen LogP contribution in [0, 0.1) is 10.1 Å². The fraction of sp³-hybridized carbons (Fsp3) is 0.174. The zero-order valence-corrected chi connectivity index (χ0v) is 17.2. The Kier molecular flexibility index (Phi) is 5.44. The molecule has 2 heterocycles. The van der Waals surface area contributed by atoms with Gasteiger partial charge >= 0.3 is 0 Å². The molecule has 8 nitrogen and oxygen atoms in total. The number of nitro groups is 1. The van der Waals surface area contributed by atoms with Crippen molar-refractivity contribution in [3.8, 4) is 0 Å². The lowest BCUT2D eigenvalue weighted by molar-refractivity contribution is -0.384. The molecule has 0 N–H and O–H groups in total. The van der Waals surface area contributed by atoms with Crippen LogP contribution in [0.3, 0.4) is 0 Å². The third-order valence-corrected chi connectivity index (χ3v) is 5.36. The molecular formula is C23H21N5O3. The fourth-order valence-electron chi connectivity index (χ4n) is 3.46. The van der Waals surface area contributed by atoms with E-state index in [4.69, 9.17) is 0 Å². The number of nitro benzene ring substituents is 1. The highest BCUT2D eigenvalue weighted by molar-refractivity contribution is 5.96. The number of hydrogen-bond acceptors (Lipinski definition) is 5. The summed E-state index contributed by atoms with van der Waals surface area (Å²) in [7, 11) is 1.68. The standard InChI is InChI=1S/C23H21N5O3/c1-16(18-9-6-10-21(12-18)28(30)31)26(2)23(29)20-11-19-14-25-27(22(19)24-13-20)15-17-7-4-3-5-8-17/h3-14,16H,15H2,1-2H3/t16-/m0/s1. The Morgan fingerprint density at radius 1 is 1.13 bits per heavy atom. The first kappa shape index (κ1) is 20.2. The number of nitrogens with zero attached hydrogens (tertiary/aromatic N) is 5. The van der Waals surface area contributed by atoms with Crippen molar-refractivity contribution in [2.24, 2.45) is 0 Å². The van der Waals surface area contributed by atoms with Gasteiger partial charge in [-0.15, -0.1) is 0 Å². The summed E-state index contributed by atoms with van der Waals surface area (Å²) in [6.07, 6.45) is 3.25. The second kappa shape index (κ2) is 8.35. The van der Waals surface area contributed by atoms with Crippen LogP contribution in [-0.4, -0.2) is 37.5 Å². The van der Waals surface area contributed by atoms with Gasteiger partial charge in [0.1, 0.15) is 0 Å². The Balaban J connectivity index is 1.56. The van der Waals surface area contributed by atoms with E-state index in [1.165, 1.54) is 12.1 Å². The van der Waals surface area contributed by atoms with Gasteiger partial charge in [-0.3, -0.25) is 14.9 Å². The van der Waals surface area contributed by atoms with Crippen molar-refractivity contribution < 1.29 is 9.72 Å². The van der Waals surface area contributed by atoms with E-state index in [9.17, 15) is 14.9 Å². The van der Waals surface area contributed by atoms with Gasteiger partial charge in [0.25, 0.3) is 11.6 Å². The van der Waals surface area contributed by atoms with E-state index >= 15 is 0 Å². The molecule has 0 saturated carbocycles. The number of aromatic nitrogens is 3. The molecule has 0 bridgehead atoms. The number of benzene rings is 2. The normalized spacial score (nSPS) is 11.9. The first-order valence-corrected chi connectivity index (χ1v) is 9.81. The van der Waals surface area contributed by atoms with Crippen LogP contribution in [0.5, 0.6) is 0 Å². The molecule has 2 aromatic carbocycles. The summed E-state index contributed by atoms with van der Waals surface area (Å²) in [5, 5.41) is 16.2. The average Bonchev–Trinajstić information content (AvgIpc) is 3.20. The topological polar surface area (TPSA) is 94.2 Å². The van der Waals surface area contributed by atoms with Crippen molar-refractivity contribution in [1.29, 1.82) is 0 Å². The van der Waals surface area contributed by atoms with E-state index in [0.29, 0.717) is 23.3 Å². The molecule has 0 spiro atoms. The summed E-state index contributed by atoms with van der Waals surface area (Å²) in [6, 6.07) is 17.7. The van der Waals surface area contributed by atoms with Crippen LogP contribution in [0.25, 0.3) is 11.0 Å². The van der Waals surface area contributed by atoms with Gasteiger partial charge in [0, 0.05) is 30.8 Å². The number of hydrogen-bond donors (Lipinski definition) is 0. The molecule has 0 radical (unpaired) electrons. The van der Waals surface area contributed by atoms with Crippen LogP contribution in [-0.2, 0) is 6.54 Å². The molecule has 1 amide bonds. The molecule has 4 aromatic rings. The predicted molar refractivity (Wildman–Crippen MR) is 117 cm³/mol. The number of rotatable bonds is 6. The zero-order chi connectivity index (χ0) is 22.0. The molecule has 4 rings (SSSR count). The van der Waals surface area contributed by atoms with Crippen LogP contribution < -0.4 is 0 Å². The van der Waals surface area contributed by atoms with Gasteiger partial charge in [0.2, 0.25) is 0 Å². The van der Waals surface area contributed by atoms with E-state index in [0.717, 1.165) is 10.9 Å². The summed E-state index contributed by atoms with van der Waals surface area (Å²) < 4.78 is 1.80. The van der Waals surface area contributed by atoms with Crippen LogP contribution in [0.2, 0.25) is 0 Å². The minimum atomic E-state index is -0.441. The van der Waals surface area contributed by atoms with Gasteiger partial charge in [-0.1, -0.05) is 42.5 Å². The number of pyridine rings is 1. The maximum Gasteiger partial charge on any atom is 0.269 e. The quantitative estimate of drug-likeness (QED) is 0.347. The van der Waals surface area contributed by atoms with Crippen molar-refractivity contribution in [2.75, 3.05) is 7.05 Å². The summed E-state index contributed by atoms with van der Waals surface area (Å²) in [5.74, 6) is -0.218. The summed E-state index contributed by atoms with van der Waals surface area (Å²) in [5.41, 5.74) is 2.94. The van der Waals surface area contributed by atoms with Gasteiger partial charge < -0.3 is 4.90 Å². The maximum atomic E-state index is 13.0. The Morgan fingerprint density at radius 2 is 1.90 bits per heavy atom. The molecule has 0 aliphatic rings. The molecule has 0 aliphatic carbocycles. The van der Waals surface area contributed by atoms with Gasteiger partial charge in [0.15, 0.2) is 5.65 Å². The molecule has 1 atom stereocenters. The van der Waals surface area contributed by atoms with E-state index in [1.54, 1.807) is 47.2 Å². The van der Waals surface area contributed by atoms with E-state index in [2.05, 4.69) is 10.1 Å². The lowest BCUT2D eigenvalue weighted by Gasteiger charge is -2.25. The monoisotopic (exact) mass is 415 g/mol. The van der Waals surface area contributed by atoms with Crippen molar-refractivity contribution in [3.05, 3.63) is 99.9 Å². The number of non-ortho nitro benzene ring substituents is 1. The average molecular weight is 415 g/mol. The Bertz CT molecular complexity index is 1250. The van der Waals surface area contributed by atoms with E-state index in [-0.39, 0.29) is 17.6 Å². The van der Waals surface area contributed by atoms with Crippen molar-refractivity contribution in [2.45, 2.75) is 19.5 Å². The predicted octanol–water partition coefficient (Wildman–Crippen LogP) is 4.22. The summed E-state index contributed by atoms with van der Waals surface area (Å²) >= 11 is 0. The maximum absolute atomic E-state index is 13.0. The van der Waals surface area contributed by atoms with Crippen LogP contribution in [0.1, 0.15) is 34.5 Å². The van der Waals surface area contributed by atoms with Crippen LogP contribution >= 0.6 is 0 Å². The highest BCUT2D eigenvalue weighted by atomic mass is 16.6. The SMILES string of the molecule is C[C@@H](c1cccc([N+](=O)[O-])c1)N(C)C(=O)c1cnc2c(cnn2Cc2ccccc2)c1. The molecular weight excluding hydrogens is 394 g/mol. The highest BCUT2D eigenvalue weighted by Gasteiger charge is 2.21. The smallest absolute Gasteiger partial charge is 0.269 e.